The van der Waals surface area contributed by atoms with Crippen molar-refractivity contribution in [1.82, 2.24) is 14.5 Å². The molecule has 14 heteroatoms. The molecule has 0 aromatic carbocycles. The van der Waals surface area contributed by atoms with Crippen LogP contribution in [0.2, 0.25) is 0 Å². The van der Waals surface area contributed by atoms with E-state index in [9.17, 15) is 29.4 Å². The zero-order valence-corrected chi connectivity index (χ0v) is 23.2. The average Bonchev–Trinajstić information content (AvgIpc) is 3.45. The van der Waals surface area contributed by atoms with E-state index in [0.717, 1.165) is 26.9 Å². The van der Waals surface area contributed by atoms with Crippen LogP contribution in [-0.2, 0) is 46.4 Å². The van der Waals surface area contributed by atoms with Gasteiger partial charge in [0.05, 0.1) is 51.3 Å². The van der Waals surface area contributed by atoms with Gasteiger partial charge in [0.15, 0.2) is 0 Å². The average molecular weight is 546 g/mol. The quantitative estimate of drug-likeness (QED) is 0.247. The topological polar surface area (TPSA) is 205 Å². The van der Waals surface area contributed by atoms with Crippen molar-refractivity contribution in [2.75, 3.05) is 6.54 Å². The number of carboxylic acid groups (broad SMARTS) is 3. The Morgan fingerprint density at radius 3 is 1.47 bits per heavy atom. The Hall–Kier alpha value is -3.78. The van der Waals surface area contributed by atoms with Gasteiger partial charge in [0.25, 0.3) is 0 Å². The van der Waals surface area contributed by atoms with E-state index in [4.69, 9.17) is 15.3 Å². The molecule has 2 rings (SSSR count). The summed E-state index contributed by atoms with van der Waals surface area (Å²) in [5.74, 6) is -4.22. The number of aromatic nitrogens is 4. The Morgan fingerprint density at radius 2 is 1.29 bits per heavy atom. The number of carbonyl (C=O) groups is 4. The number of carbonyl (C=O) groups excluding carboxylic acids is 3. The molecule has 0 spiro atoms. The van der Waals surface area contributed by atoms with Crippen LogP contribution in [0.1, 0.15) is 47.5 Å². The van der Waals surface area contributed by atoms with Gasteiger partial charge < -0.3 is 40.4 Å². The van der Waals surface area contributed by atoms with Crippen molar-refractivity contribution in [1.29, 1.82) is 0 Å². The second kappa shape index (κ2) is 23.6. The van der Waals surface area contributed by atoms with E-state index in [-0.39, 0.29) is 12.5 Å². The van der Waals surface area contributed by atoms with Crippen LogP contribution in [0.3, 0.4) is 0 Å². The van der Waals surface area contributed by atoms with Gasteiger partial charge in [-0.2, -0.15) is 0 Å². The predicted molar refractivity (Wildman–Crippen MR) is 131 cm³/mol. The molecule has 1 amide bonds. The van der Waals surface area contributed by atoms with Crippen LogP contribution in [0.5, 0.6) is 0 Å². The number of unbranched alkanes of at least 4 members (excludes halogenated alkanes) is 1. The minimum Gasteiger partial charge on any atom is -0.547 e. The van der Waals surface area contributed by atoms with E-state index < -0.39 is 30.1 Å². The number of amides is 1. The molecule has 2 unspecified atom stereocenters. The van der Waals surface area contributed by atoms with Crippen LogP contribution >= 0.6 is 0 Å². The van der Waals surface area contributed by atoms with Crippen molar-refractivity contribution in [3.05, 3.63) is 37.4 Å². The normalized spacial score (nSPS) is 10.8. The lowest BCUT2D eigenvalue weighted by molar-refractivity contribution is -0.671. The smallest absolute Gasteiger partial charge is 0.322 e. The summed E-state index contributed by atoms with van der Waals surface area (Å²) in [4.78, 5) is 38.3. The molecule has 2 atom stereocenters. The molecule has 14 nitrogen and oxygen atoms in total. The molecule has 218 valence electrons. The summed E-state index contributed by atoms with van der Waals surface area (Å²) in [5, 5.41) is 44.7. The molecule has 2 heterocycles. The first kappa shape index (κ1) is 38.7. The Balaban J connectivity index is -0.000000409. The third-order valence-electron chi connectivity index (χ3n) is 3.95. The molecule has 0 aliphatic rings. The fourth-order valence-electron chi connectivity index (χ4n) is 1.86. The van der Waals surface area contributed by atoms with Crippen molar-refractivity contribution in [3.63, 3.8) is 0 Å². The third kappa shape index (κ3) is 28.5. The number of hydrogen-bond acceptors (Lipinski definition) is 8. The Labute approximate surface area is 223 Å². The van der Waals surface area contributed by atoms with Gasteiger partial charge in [0.2, 0.25) is 18.6 Å². The molecule has 2 aromatic rings. The maximum Gasteiger partial charge on any atom is 0.322 e. The molecule has 4 N–H and O–H groups in total. The summed E-state index contributed by atoms with van der Waals surface area (Å²) in [5.41, 5.74) is 0. The standard InChI is InChI=1S/C8H15N2.C6H11N2.C4H7NO3.2C3H6O3/c1-3-4-5-10-7-6-9(2)8-10;1-3-8-5-4-7(2)6-8;1-3(6)5-2-4(7)8;2*1-2(4)3(5)6/h6-8H,3-5H2,1-2H3;4-6H,3H2,1-2H3;2H2,1H3,(H,5,6)(H,7,8);2*2,4H,1H3,(H,5,6)/q2*+1;;;/p-2. The fraction of sp³-hybridized carbons (Fsp3) is 0.583. The highest BCUT2D eigenvalue weighted by atomic mass is 16.4. The van der Waals surface area contributed by atoms with E-state index in [0.29, 0.717) is 0 Å². The second-order valence-electron chi connectivity index (χ2n) is 7.87. The van der Waals surface area contributed by atoms with Gasteiger partial charge in [0, 0.05) is 6.92 Å². The van der Waals surface area contributed by atoms with Crippen LogP contribution in [0, 0.1) is 0 Å². The zero-order valence-electron chi connectivity index (χ0n) is 23.2. The Morgan fingerprint density at radius 1 is 0.895 bits per heavy atom. The van der Waals surface area contributed by atoms with Crippen LogP contribution in [-0.4, -0.2) is 67.0 Å². The Kier molecular flexibility index (Phi) is 24.1. The highest BCUT2D eigenvalue weighted by Gasteiger charge is 1.97. The highest BCUT2D eigenvalue weighted by molar-refractivity contribution is 5.79. The molecule has 0 fully saturated rings. The van der Waals surface area contributed by atoms with Crippen molar-refractivity contribution in [2.24, 2.45) is 14.1 Å². The number of nitrogens with zero attached hydrogens (tertiary/aromatic N) is 4. The molecule has 0 saturated heterocycles. The minimum atomic E-state index is -1.44. The lowest BCUT2D eigenvalue weighted by Crippen LogP contribution is -2.32. The number of imidazole rings is 2. The van der Waals surface area contributed by atoms with Crippen molar-refractivity contribution >= 4 is 23.8 Å². The molecule has 0 aliphatic heterocycles. The summed E-state index contributed by atoms with van der Waals surface area (Å²) >= 11 is 0. The number of aliphatic hydroxyl groups is 2. The van der Waals surface area contributed by atoms with E-state index in [2.05, 4.69) is 64.1 Å². The van der Waals surface area contributed by atoms with Crippen molar-refractivity contribution < 1.29 is 53.8 Å². The lowest BCUT2D eigenvalue weighted by Gasteiger charge is -2.00. The number of aryl methyl sites for hydroxylation is 4. The first-order chi connectivity index (χ1) is 17.6. The van der Waals surface area contributed by atoms with Crippen LogP contribution in [0.15, 0.2) is 37.4 Å². The van der Waals surface area contributed by atoms with Gasteiger partial charge in [-0.05, 0) is 27.2 Å². The van der Waals surface area contributed by atoms with Crippen LogP contribution in [0.4, 0.5) is 0 Å². The Bertz CT molecular complexity index is 892. The van der Waals surface area contributed by atoms with Gasteiger partial charge in [-0.3, -0.25) is 9.59 Å². The number of aliphatic hydroxyl groups excluding tert-OH is 2. The number of rotatable bonds is 8. The minimum absolute atomic E-state index is 0.296. The lowest BCUT2D eigenvalue weighted by atomic mass is 10.3. The largest absolute Gasteiger partial charge is 0.547 e. The molecular weight excluding hydrogens is 502 g/mol. The first-order valence-corrected chi connectivity index (χ1v) is 11.8. The molecule has 38 heavy (non-hydrogen) atoms. The molecule has 0 saturated carbocycles. The van der Waals surface area contributed by atoms with Crippen LogP contribution in [0.25, 0.3) is 0 Å². The summed E-state index contributed by atoms with van der Waals surface area (Å²) in [7, 11) is 4.06. The first-order valence-electron chi connectivity index (χ1n) is 11.8. The number of aliphatic carboxylic acids is 3. The van der Waals surface area contributed by atoms with E-state index in [1.54, 1.807) is 0 Å². The van der Waals surface area contributed by atoms with E-state index in [1.807, 2.05) is 24.9 Å². The van der Waals surface area contributed by atoms with Gasteiger partial charge in [-0.15, -0.1) is 0 Å². The van der Waals surface area contributed by atoms with Crippen molar-refractivity contribution in [3.8, 4) is 0 Å². The second-order valence-corrected chi connectivity index (χ2v) is 7.87. The van der Waals surface area contributed by atoms with Gasteiger partial charge in [-0.25, -0.2) is 18.3 Å². The summed E-state index contributed by atoms with van der Waals surface area (Å²) in [6, 6.07) is 0. The molecule has 0 bridgehead atoms. The SMILES string of the molecule is CC(=O)NCC(=O)O.CC(O)C(=O)[O-].CC(O)C(=O)[O-].CCCCn1cc[n+](C)c1.CCn1cc[n+](C)c1. The summed E-state index contributed by atoms with van der Waals surface area (Å²) in [6.07, 6.45) is 12.3. The third-order valence-corrected chi connectivity index (χ3v) is 3.95. The van der Waals surface area contributed by atoms with E-state index in [1.165, 1.54) is 19.8 Å². The molecule has 0 radical (unpaired) electrons. The molecule has 0 aliphatic carbocycles. The fourth-order valence-corrected chi connectivity index (χ4v) is 1.86. The summed E-state index contributed by atoms with van der Waals surface area (Å²) < 4.78 is 8.43. The maximum absolute atomic E-state index is 9.97. The van der Waals surface area contributed by atoms with Crippen LogP contribution < -0.4 is 24.7 Å². The zero-order chi connectivity index (χ0) is 30.3. The number of hydrogen-bond donors (Lipinski definition) is 4. The maximum atomic E-state index is 9.97. The predicted octanol–water partition coefficient (Wildman–Crippen LogP) is -3.11. The number of carboxylic acids is 3. The molecular formula is C24H43N5O9. The van der Waals surface area contributed by atoms with Gasteiger partial charge in [-0.1, -0.05) is 13.3 Å². The number of nitrogens with one attached hydrogen (secondary N) is 1. The van der Waals surface area contributed by atoms with Crippen molar-refractivity contribution in [2.45, 2.75) is 72.8 Å². The van der Waals surface area contributed by atoms with E-state index >= 15 is 0 Å². The van der Waals surface area contributed by atoms with Gasteiger partial charge in [0.1, 0.15) is 31.3 Å². The summed E-state index contributed by atoms with van der Waals surface area (Å²) in [6.45, 7) is 9.78. The highest BCUT2D eigenvalue weighted by Crippen LogP contribution is 1.91. The van der Waals surface area contributed by atoms with Gasteiger partial charge >= 0.3 is 5.97 Å². The monoisotopic (exact) mass is 545 g/mol. The molecule has 2 aromatic heterocycles.